The summed E-state index contributed by atoms with van der Waals surface area (Å²) in [6.45, 7) is 4.35. The lowest BCUT2D eigenvalue weighted by Gasteiger charge is -2.23. The maximum absolute atomic E-state index is 6.15. The number of nitrogen functional groups attached to an aromatic ring is 1. The summed E-state index contributed by atoms with van der Waals surface area (Å²) >= 11 is 0. The summed E-state index contributed by atoms with van der Waals surface area (Å²) in [4.78, 5) is 0. The number of aromatic nitrogens is 2. The lowest BCUT2D eigenvalue weighted by molar-refractivity contribution is 0.412. The first-order valence-electron chi connectivity index (χ1n) is 7.54. The molecule has 21 heavy (non-hydrogen) atoms. The molecule has 0 spiro atoms. The standard InChI is InChI=1S/C17H23N3O/c1-11-6-7-12(10-13(11)21-3)14-15(19-20-16(14)18)17(2)8-4-5-9-17/h6-7,10H,4-5,8-9H2,1-3H3,(H3,18,19,20). The van der Waals surface area contributed by atoms with Crippen molar-refractivity contribution in [1.29, 1.82) is 0 Å². The van der Waals surface area contributed by atoms with Crippen LogP contribution in [-0.2, 0) is 5.41 Å². The van der Waals surface area contributed by atoms with Gasteiger partial charge >= 0.3 is 0 Å². The molecule has 4 heteroatoms. The van der Waals surface area contributed by atoms with E-state index in [9.17, 15) is 0 Å². The third kappa shape index (κ3) is 2.28. The SMILES string of the molecule is COc1cc(-c2c(N)n[nH]c2C2(C)CCCC2)ccc1C. The van der Waals surface area contributed by atoms with E-state index < -0.39 is 0 Å². The van der Waals surface area contributed by atoms with Crippen LogP contribution in [0.5, 0.6) is 5.75 Å². The highest BCUT2D eigenvalue weighted by atomic mass is 16.5. The van der Waals surface area contributed by atoms with E-state index in [2.05, 4.69) is 35.3 Å². The number of aromatic amines is 1. The monoisotopic (exact) mass is 285 g/mol. The number of ether oxygens (including phenoxy) is 1. The third-order valence-corrected chi connectivity index (χ3v) is 4.80. The van der Waals surface area contributed by atoms with Gasteiger partial charge in [0.1, 0.15) is 5.75 Å². The number of aryl methyl sites for hydroxylation is 1. The second kappa shape index (κ2) is 5.10. The molecule has 0 saturated heterocycles. The summed E-state index contributed by atoms with van der Waals surface area (Å²) in [6, 6.07) is 6.22. The van der Waals surface area contributed by atoms with E-state index in [0.29, 0.717) is 5.82 Å². The highest BCUT2D eigenvalue weighted by Gasteiger charge is 2.35. The largest absolute Gasteiger partial charge is 0.496 e. The van der Waals surface area contributed by atoms with Crippen molar-refractivity contribution in [1.82, 2.24) is 10.2 Å². The zero-order valence-corrected chi connectivity index (χ0v) is 13.0. The van der Waals surface area contributed by atoms with Crippen molar-refractivity contribution < 1.29 is 4.74 Å². The number of nitrogens with one attached hydrogen (secondary N) is 1. The molecule has 2 aromatic rings. The molecule has 1 aromatic heterocycles. The summed E-state index contributed by atoms with van der Waals surface area (Å²) in [6.07, 6.45) is 4.91. The van der Waals surface area contributed by atoms with Crippen LogP contribution in [0.2, 0.25) is 0 Å². The Hall–Kier alpha value is -1.97. The smallest absolute Gasteiger partial charge is 0.153 e. The number of anilines is 1. The molecular weight excluding hydrogens is 262 g/mol. The zero-order chi connectivity index (χ0) is 15.0. The first kappa shape index (κ1) is 14.0. The van der Waals surface area contributed by atoms with Gasteiger partial charge in [-0.05, 0) is 37.0 Å². The summed E-state index contributed by atoms with van der Waals surface area (Å²) in [5.41, 5.74) is 10.7. The highest BCUT2D eigenvalue weighted by molar-refractivity contribution is 5.78. The van der Waals surface area contributed by atoms with Crippen molar-refractivity contribution in [2.45, 2.75) is 44.9 Å². The second-order valence-corrected chi connectivity index (χ2v) is 6.31. The Kier molecular flexibility index (Phi) is 3.40. The number of hydrogen-bond acceptors (Lipinski definition) is 3. The fraction of sp³-hybridized carbons (Fsp3) is 0.471. The molecular formula is C17H23N3O. The van der Waals surface area contributed by atoms with E-state index in [1.54, 1.807) is 7.11 Å². The third-order valence-electron chi connectivity index (χ3n) is 4.80. The van der Waals surface area contributed by atoms with Crippen molar-refractivity contribution in [3.05, 3.63) is 29.5 Å². The van der Waals surface area contributed by atoms with Gasteiger partial charge in [-0.2, -0.15) is 5.10 Å². The molecule has 0 atom stereocenters. The molecule has 3 N–H and O–H groups in total. The van der Waals surface area contributed by atoms with Crippen LogP contribution < -0.4 is 10.5 Å². The average Bonchev–Trinajstić information content (AvgIpc) is 3.07. The van der Waals surface area contributed by atoms with Crippen LogP contribution in [0.4, 0.5) is 5.82 Å². The van der Waals surface area contributed by atoms with Crippen LogP contribution in [0.1, 0.15) is 43.9 Å². The van der Waals surface area contributed by atoms with Gasteiger partial charge < -0.3 is 10.5 Å². The van der Waals surface area contributed by atoms with Crippen molar-refractivity contribution >= 4 is 5.82 Å². The lowest BCUT2D eigenvalue weighted by atomic mass is 9.81. The summed E-state index contributed by atoms with van der Waals surface area (Å²) < 4.78 is 5.44. The first-order valence-corrected chi connectivity index (χ1v) is 7.54. The minimum atomic E-state index is 0.151. The maximum atomic E-state index is 6.15. The molecule has 1 saturated carbocycles. The molecule has 0 radical (unpaired) electrons. The Morgan fingerprint density at radius 3 is 2.67 bits per heavy atom. The van der Waals surface area contributed by atoms with Crippen LogP contribution in [-0.4, -0.2) is 17.3 Å². The number of benzene rings is 1. The Labute approximate surface area is 125 Å². The quantitative estimate of drug-likeness (QED) is 0.901. The Morgan fingerprint density at radius 2 is 2.00 bits per heavy atom. The predicted molar refractivity (Wildman–Crippen MR) is 85.5 cm³/mol. The van der Waals surface area contributed by atoms with Gasteiger partial charge in [-0.1, -0.05) is 31.9 Å². The molecule has 3 rings (SSSR count). The van der Waals surface area contributed by atoms with Crippen molar-refractivity contribution in [3.8, 4) is 16.9 Å². The molecule has 0 amide bonds. The van der Waals surface area contributed by atoms with Gasteiger partial charge in [0.2, 0.25) is 0 Å². The first-order chi connectivity index (χ1) is 10.0. The lowest BCUT2D eigenvalue weighted by Crippen LogP contribution is -2.18. The molecule has 112 valence electrons. The molecule has 0 unspecified atom stereocenters. The molecule has 4 nitrogen and oxygen atoms in total. The van der Waals surface area contributed by atoms with Gasteiger partial charge in [0, 0.05) is 11.0 Å². The van der Waals surface area contributed by atoms with E-state index in [0.717, 1.165) is 22.4 Å². The van der Waals surface area contributed by atoms with Crippen molar-refractivity contribution in [2.24, 2.45) is 0 Å². The van der Waals surface area contributed by atoms with E-state index >= 15 is 0 Å². The minimum Gasteiger partial charge on any atom is -0.496 e. The summed E-state index contributed by atoms with van der Waals surface area (Å²) in [5.74, 6) is 1.46. The van der Waals surface area contributed by atoms with Crippen LogP contribution in [0, 0.1) is 6.92 Å². The molecule has 1 heterocycles. The predicted octanol–water partition coefficient (Wildman–Crippen LogP) is 3.81. The van der Waals surface area contributed by atoms with E-state index in [4.69, 9.17) is 10.5 Å². The Balaban J connectivity index is 2.12. The van der Waals surface area contributed by atoms with Gasteiger partial charge in [0.25, 0.3) is 0 Å². The number of nitrogens with two attached hydrogens (primary N) is 1. The van der Waals surface area contributed by atoms with Gasteiger partial charge in [-0.3, -0.25) is 5.10 Å². The number of rotatable bonds is 3. The molecule has 1 aliphatic carbocycles. The Bertz CT molecular complexity index is 654. The number of nitrogens with zero attached hydrogens (tertiary/aromatic N) is 1. The van der Waals surface area contributed by atoms with Crippen LogP contribution in [0.25, 0.3) is 11.1 Å². The normalized spacial score (nSPS) is 17.1. The van der Waals surface area contributed by atoms with Crippen LogP contribution in [0.15, 0.2) is 18.2 Å². The van der Waals surface area contributed by atoms with Gasteiger partial charge in [-0.25, -0.2) is 0 Å². The maximum Gasteiger partial charge on any atom is 0.153 e. The van der Waals surface area contributed by atoms with E-state index in [-0.39, 0.29) is 5.41 Å². The second-order valence-electron chi connectivity index (χ2n) is 6.31. The van der Waals surface area contributed by atoms with Gasteiger partial charge in [0.15, 0.2) is 5.82 Å². The fourth-order valence-corrected chi connectivity index (χ4v) is 3.47. The molecule has 1 fully saturated rings. The number of H-pyrrole nitrogens is 1. The Morgan fingerprint density at radius 1 is 1.29 bits per heavy atom. The average molecular weight is 285 g/mol. The molecule has 1 aliphatic rings. The topological polar surface area (TPSA) is 63.9 Å². The van der Waals surface area contributed by atoms with Gasteiger partial charge in [0.05, 0.1) is 12.8 Å². The van der Waals surface area contributed by atoms with Crippen molar-refractivity contribution in [3.63, 3.8) is 0 Å². The molecule has 1 aromatic carbocycles. The summed E-state index contributed by atoms with van der Waals surface area (Å²) in [5, 5.41) is 7.46. The molecule has 0 bridgehead atoms. The zero-order valence-electron chi connectivity index (χ0n) is 13.0. The van der Waals surface area contributed by atoms with Gasteiger partial charge in [-0.15, -0.1) is 0 Å². The van der Waals surface area contributed by atoms with E-state index in [1.165, 1.54) is 31.4 Å². The number of methoxy groups -OCH3 is 1. The fourth-order valence-electron chi connectivity index (χ4n) is 3.47. The summed E-state index contributed by atoms with van der Waals surface area (Å²) in [7, 11) is 1.70. The number of hydrogen-bond donors (Lipinski definition) is 2. The van der Waals surface area contributed by atoms with E-state index in [1.807, 2.05) is 6.92 Å². The molecule has 0 aliphatic heterocycles. The minimum absolute atomic E-state index is 0.151. The highest BCUT2D eigenvalue weighted by Crippen LogP contribution is 2.45. The van der Waals surface area contributed by atoms with Crippen molar-refractivity contribution in [2.75, 3.05) is 12.8 Å². The van der Waals surface area contributed by atoms with Crippen LogP contribution in [0.3, 0.4) is 0 Å². The van der Waals surface area contributed by atoms with Crippen LogP contribution >= 0.6 is 0 Å².